The molecular formula is C19H30N2O2. The molecule has 1 aromatic rings. The monoisotopic (exact) mass is 318 g/mol. The molecule has 1 aliphatic rings. The number of rotatable bonds is 4. The van der Waals surface area contributed by atoms with Crippen LogP contribution in [-0.2, 0) is 11.3 Å². The van der Waals surface area contributed by atoms with Gasteiger partial charge in [-0.15, -0.1) is 0 Å². The van der Waals surface area contributed by atoms with Gasteiger partial charge in [-0.1, -0.05) is 37.8 Å². The smallest absolute Gasteiger partial charge is 0.407 e. The lowest BCUT2D eigenvalue weighted by atomic mass is 10.1. The number of anilines is 1. The summed E-state index contributed by atoms with van der Waals surface area (Å²) in [4.78, 5) is 11.7. The summed E-state index contributed by atoms with van der Waals surface area (Å²) in [5.74, 6) is 0. The van der Waals surface area contributed by atoms with Crippen LogP contribution in [0.1, 0.15) is 64.9 Å². The van der Waals surface area contributed by atoms with Gasteiger partial charge in [0.1, 0.15) is 5.60 Å². The molecule has 0 spiro atoms. The summed E-state index contributed by atoms with van der Waals surface area (Å²) in [5, 5.41) is 6.45. The molecule has 1 fully saturated rings. The second-order valence-electron chi connectivity index (χ2n) is 7.39. The lowest BCUT2D eigenvalue weighted by molar-refractivity contribution is 0.0523. The molecule has 0 atom stereocenters. The van der Waals surface area contributed by atoms with Crippen molar-refractivity contribution in [3.05, 3.63) is 29.8 Å². The quantitative estimate of drug-likeness (QED) is 0.781. The van der Waals surface area contributed by atoms with Crippen molar-refractivity contribution in [3.8, 4) is 0 Å². The molecule has 128 valence electrons. The second kappa shape index (κ2) is 8.23. The molecule has 0 radical (unpaired) electrons. The first-order chi connectivity index (χ1) is 10.9. The Balaban J connectivity index is 1.85. The van der Waals surface area contributed by atoms with Crippen molar-refractivity contribution in [2.75, 3.05) is 5.32 Å². The van der Waals surface area contributed by atoms with E-state index in [1.807, 2.05) is 32.9 Å². The Bertz CT molecular complexity index is 500. The predicted octanol–water partition coefficient (Wildman–Crippen LogP) is 4.85. The summed E-state index contributed by atoms with van der Waals surface area (Å²) in [6.45, 7) is 6.08. The number of ether oxygens (including phenoxy) is 1. The van der Waals surface area contributed by atoms with Crippen LogP contribution in [0.15, 0.2) is 24.3 Å². The topological polar surface area (TPSA) is 50.4 Å². The van der Waals surface area contributed by atoms with E-state index in [-0.39, 0.29) is 6.09 Å². The zero-order valence-electron chi connectivity index (χ0n) is 14.7. The minimum Gasteiger partial charge on any atom is -0.444 e. The summed E-state index contributed by atoms with van der Waals surface area (Å²) in [6.07, 6.45) is 7.48. The van der Waals surface area contributed by atoms with Crippen molar-refractivity contribution in [2.45, 2.75) is 77.5 Å². The zero-order chi connectivity index (χ0) is 16.7. The third kappa shape index (κ3) is 6.93. The Morgan fingerprint density at radius 1 is 1.17 bits per heavy atom. The van der Waals surface area contributed by atoms with Crippen LogP contribution in [0.2, 0.25) is 0 Å². The largest absolute Gasteiger partial charge is 0.444 e. The van der Waals surface area contributed by atoms with Crippen LogP contribution in [0.4, 0.5) is 10.5 Å². The van der Waals surface area contributed by atoms with E-state index in [1.54, 1.807) is 0 Å². The lowest BCUT2D eigenvalue weighted by Gasteiger charge is -2.20. The Kier molecular flexibility index (Phi) is 6.31. The molecule has 1 aromatic carbocycles. The molecule has 0 bridgehead atoms. The Morgan fingerprint density at radius 2 is 1.87 bits per heavy atom. The maximum Gasteiger partial charge on any atom is 0.407 e. The molecule has 23 heavy (non-hydrogen) atoms. The molecule has 2 rings (SSSR count). The van der Waals surface area contributed by atoms with E-state index >= 15 is 0 Å². The Morgan fingerprint density at radius 3 is 2.52 bits per heavy atom. The van der Waals surface area contributed by atoms with Gasteiger partial charge in [-0.05, 0) is 51.3 Å². The molecule has 4 heteroatoms. The minimum atomic E-state index is -0.465. The number of hydrogen-bond donors (Lipinski definition) is 2. The van der Waals surface area contributed by atoms with Gasteiger partial charge in [0.05, 0.1) is 0 Å². The summed E-state index contributed by atoms with van der Waals surface area (Å²) in [6, 6.07) is 8.84. The van der Waals surface area contributed by atoms with Crippen molar-refractivity contribution < 1.29 is 9.53 Å². The molecule has 0 unspecified atom stereocenters. The van der Waals surface area contributed by atoms with Gasteiger partial charge >= 0.3 is 6.09 Å². The second-order valence-corrected chi connectivity index (χ2v) is 7.39. The van der Waals surface area contributed by atoms with Crippen LogP contribution in [0.5, 0.6) is 0 Å². The van der Waals surface area contributed by atoms with E-state index in [2.05, 4.69) is 22.8 Å². The van der Waals surface area contributed by atoms with Crippen LogP contribution in [0.3, 0.4) is 0 Å². The Labute approximate surface area is 140 Å². The molecule has 1 amide bonds. The highest BCUT2D eigenvalue weighted by Crippen LogP contribution is 2.21. The molecule has 0 aliphatic heterocycles. The first-order valence-corrected chi connectivity index (χ1v) is 8.75. The van der Waals surface area contributed by atoms with Gasteiger partial charge in [-0.3, -0.25) is 0 Å². The fourth-order valence-electron chi connectivity index (χ4n) is 2.92. The Hall–Kier alpha value is -1.71. The van der Waals surface area contributed by atoms with Gasteiger partial charge in [-0.25, -0.2) is 4.79 Å². The highest BCUT2D eigenvalue weighted by atomic mass is 16.6. The third-order valence-corrected chi connectivity index (χ3v) is 3.99. The highest BCUT2D eigenvalue weighted by molar-refractivity contribution is 5.67. The van der Waals surface area contributed by atoms with E-state index < -0.39 is 5.60 Å². The molecule has 4 nitrogen and oxygen atoms in total. The average Bonchev–Trinajstić information content (AvgIpc) is 2.72. The summed E-state index contributed by atoms with van der Waals surface area (Å²) < 4.78 is 5.26. The highest BCUT2D eigenvalue weighted by Gasteiger charge is 2.16. The third-order valence-electron chi connectivity index (χ3n) is 3.99. The van der Waals surface area contributed by atoms with Gasteiger partial charge in [0.25, 0.3) is 0 Å². The minimum absolute atomic E-state index is 0.375. The van der Waals surface area contributed by atoms with Crippen LogP contribution in [0, 0.1) is 0 Å². The van der Waals surface area contributed by atoms with Crippen molar-refractivity contribution >= 4 is 11.8 Å². The normalized spacial score (nSPS) is 16.5. The van der Waals surface area contributed by atoms with Crippen LogP contribution in [-0.4, -0.2) is 17.7 Å². The van der Waals surface area contributed by atoms with Crippen LogP contribution >= 0.6 is 0 Å². The van der Waals surface area contributed by atoms with Gasteiger partial charge in [0, 0.05) is 18.3 Å². The number of carbonyl (C=O) groups is 1. The van der Waals surface area contributed by atoms with Crippen molar-refractivity contribution in [1.82, 2.24) is 5.32 Å². The SMILES string of the molecule is CC(C)(C)OC(=O)NCc1cccc(NC2CCCCCC2)c1. The molecule has 1 saturated carbocycles. The summed E-state index contributed by atoms with van der Waals surface area (Å²) in [5.41, 5.74) is 1.75. The average molecular weight is 318 g/mol. The van der Waals surface area contributed by atoms with Crippen LogP contribution in [0.25, 0.3) is 0 Å². The summed E-state index contributed by atoms with van der Waals surface area (Å²) in [7, 11) is 0. The maximum atomic E-state index is 11.7. The first kappa shape index (κ1) is 17.6. The maximum absolute atomic E-state index is 11.7. The first-order valence-electron chi connectivity index (χ1n) is 8.75. The zero-order valence-corrected chi connectivity index (χ0v) is 14.7. The molecule has 2 N–H and O–H groups in total. The number of carbonyl (C=O) groups excluding carboxylic acids is 1. The standard InChI is InChI=1S/C19H30N2O2/c1-19(2,3)23-18(22)20-14-15-9-8-12-17(13-15)21-16-10-6-4-5-7-11-16/h8-9,12-13,16,21H,4-7,10-11,14H2,1-3H3,(H,20,22). The van der Waals surface area contributed by atoms with Gasteiger partial charge in [0.2, 0.25) is 0 Å². The van der Waals surface area contributed by atoms with Crippen molar-refractivity contribution in [2.24, 2.45) is 0 Å². The molecule has 0 heterocycles. The molecule has 1 aliphatic carbocycles. The molecule has 0 aromatic heterocycles. The number of nitrogens with one attached hydrogen (secondary N) is 2. The number of hydrogen-bond acceptors (Lipinski definition) is 3. The molecular weight excluding hydrogens is 288 g/mol. The van der Waals surface area contributed by atoms with Crippen molar-refractivity contribution in [3.63, 3.8) is 0 Å². The van der Waals surface area contributed by atoms with Crippen LogP contribution < -0.4 is 10.6 Å². The van der Waals surface area contributed by atoms with Gasteiger partial charge in [0.15, 0.2) is 0 Å². The van der Waals surface area contributed by atoms with Crippen molar-refractivity contribution in [1.29, 1.82) is 0 Å². The van der Waals surface area contributed by atoms with E-state index in [9.17, 15) is 4.79 Å². The fraction of sp³-hybridized carbons (Fsp3) is 0.632. The van der Waals surface area contributed by atoms with E-state index in [0.717, 1.165) is 11.3 Å². The number of amides is 1. The number of benzene rings is 1. The fourth-order valence-corrected chi connectivity index (χ4v) is 2.92. The number of alkyl carbamates (subject to hydrolysis) is 1. The van der Waals surface area contributed by atoms with Gasteiger partial charge < -0.3 is 15.4 Å². The van der Waals surface area contributed by atoms with E-state index in [0.29, 0.717) is 12.6 Å². The lowest BCUT2D eigenvalue weighted by Crippen LogP contribution is -2.32. The summed E-state index contributed by atoms with van der Waals surface area (Å²) >= 11 is 0. The van der Waals surface area contributed by atoms with E-state index in [1.165, 1.54) is 38.5 Å². The predicted molar refractivity (Wildman–Crippen MR) is 94.6 cm³/mol. The van der Waals surface area contributed by atoms with E-state index in [4.69, 9.17) is 4.74 Å². The van der Waals surface area contributed by atoms with Gasteiger partial charge in [-0.2, -0.15) is 0 Å². The molecule has 0 saturated heterocycles.